The Kier molecular flexibility index (Phi) is 5.93. The Morgan fingerprint density at radius 1 is 1.12 bits per heavy atom. The van der Waals surface area contributed by atoms with Crippen LogP contribution in [0.3, 0.4) is 0 Å². The van der Waals surface area contributed by atoms with Gasteiger partial charge < -0.3 is 25.3 Å². The molecule has 5 rings (SSSR count). The van der Waals surface area contributed by atoms with Gasteiger partial charge in [-0.25, -0.2) is 15.0 Å². The zero-order valence-electron chi connectivity index (χ0n) is 19.0. The number of nitrogens with one attached hydrogen (secondary N) is 3. The van der Waals surface area contributed by atoms with Gasteiger partial charge >= 0.3 is 0 Å². The number of ether oxygens (including phenoxy) is 1. The van der Waals surface area contributed by atoms with Crippen LogP contribution < -0.4 is 15.5 Å². The normalized spacial score (nSPS) is 23.4. The molecule has 1 unspecified atom stereocenters. The van der Waals surface area contributed by atoms with Crippen molar-refractivity contribution < 1.29 is 4.74 Å². The van der Waals surface area contributed by atoms with E-state index in [1.54, 1.807) is 6.33 Å². The van der Waals surface area contributed by atoms with Crippen LogP contribution in [0, 0.1) is 0 Å². The first-order valence-electron chi connectivity index (χ1n) is 11.6. The Balaban J connectivity index is 1.39. The molecule has 0 amide bonds. The number of hydrogen-bond acceptors (Lipinski definition) is 8. The molecule has 0 radical (unpaired) electrons. The first-order chi connectivity index (χ1) is 15.6. The monoisotopic (exact) mass is 436 g/mol. The van der Waals surface area contributed by atoms with Gasteiger partial charge in [0.25, 0.3) is 0 Å². The van der Waals surface area contributed by atoms with E-state index in [0.29, 0.717) is 18.0 Å². The Labute approximate surface area is 188 Å². The maximum Gasteiger partial charge on any atom is 0.147 e. The fourth-order valence-corrected chi connectivity index (χ4v) is 4.95. The largest absolute Gasteiger partial charge is 0.381 e. The van der Waals surface area contributed by atoms with Crippen LogP contribution in [0.2, 0.25) is 0 Å². The molecule has 0 bridgehead atoms. The second-order valence-electron chi connectivity index (χ2n) is 9.12. The summed E-state index contributed by atoms with van der Waals surface area (Å²) in [5.74, 6) is 2.22. The Bertz CT molecular complexity index is 1050. The Morgan fingerprint density at radius 3 is 2.69 bits per heavy atom. The highest BCUT2D eigenvalue weighted by molar-refractivity contribution is 5.91. The molecule has 3 N–H and O–H groups in total. The van der Waals surface area contributed by atoms with Gasteiger partial charge in [0.2, 0.25) is 0 Å². The summed E-state index contributed by atoms with van der Waals surface area (Å²) < 4.78 is 5.56. The zero-order valence-corrected chi connectivity index (χ0v) is 19.0. The van der Waals surface area contributed by atoms with Crippen molar-refractivity contribution in [3.8, 4) is 0 Å². The first kappa shape index (κ1) is 21.1. The minimum Gasteiger partial charge on any atom is -0.381 e. The van der Waals surface area contributed by atoms with Crippen molar-refractivity contribution in [1.82, 2.24) is 30.2 Å². The van der Waals surface area contributed by atoms with Crippen molar-refractivity contribution in [3.63, 3.8) is 0 Å². The van der Waals surface area contributed by atoms with E-state index >= 15 is 0 Å². The number of aromatic amines is 1. The van der Waals surface area contributed by atoms with Gasteiger partial charge in [-0.2, -0.15) is 0 Å². The van der Waals surface area contributed by atoms with Crippen LogP contribution in [-0.4, -0.2) is 63.3 Å². The van der Waals surface area contributed by atoms with Gasteiger partial charge in [-0.15, -0.1) is 0 Å². The number of nitrogens with zero attached hydrogens (tertiary/aromatic N) is 5. The molecule has 32 heavy (non-hydrogen) atoms. The van der Waals surface area contributed by atoms with Crippen molar-refractivity contribution in [2.24, 2.45) is 0 Å². The Morgan fingerprint density at radius 2 is 1.91 bits per heavy atom. The number of H-pyrrole nitrogens is 1. The average Bonchev–Trinajstić information content (AvgIpc) is 3.24. The fourth-order valence-electron chi connectivity index (χ4n) is 4.95. The molecule has 0 saturated carbocycles. The molecule has 2 aliphatic heterocycles. The summed E-state index contributed by atoms with van der Waals surface area (Å²) in [6.07, 6.45) is 9.42. The van der Waals surface area contributed by atoms with Crippen LogP contribution in [0.4, 0.5) is 11.6 Å². The molecular formula is C23H32N8O. The molecule has 0 aliphatic carbocycles. The van der Waals surface area contributed by atoms with Crippen LogP contribution in [0.5, 0.6) is 0 Å². The van der Waals surface area contributed by atoms with Crippen LogP contribution in [0.25, 0.3) is 11.0 Å². The number of anilines is 2. The molecule has 3 aromatic heterocycles. The molecule has 9 heteroatoms. The lowest BCUT2D eigenvalue weighted by molar-refractivity contribution is 0.0856. The van der Waals surface area contributed by atoms with Crippen molar-refractivity contribution in [2.75, 3.05) is 36.5 Å². The van der Waals surface area contributed by atoms with Crippen LogP contribution in [0.15, 0.2) is 24.9 Å². The van der Waals surface area contributed by atoms with Gasteiger partial charge in [-0.05, 0) is 45.1 Å². The maximum absolute atomic E-state index is 5.56. The minimum atomic E-state index is -0.0456. The maximum atomic E-state index is 5.56. The predicted octanol–water partition coefficient (Wildman–Crippen LogP) is 3.00. The van der Waals surface area contributed by atoms with E-state index in [1.807, 2.05) is 12.4 Å². The van der Waals surface area contributed by atoms with E-state index in [0.717, 1.165) is 67.5 Å². The number of hydrogen-bond donors (Lipinski definition) is 3. The third-order valence-corrected chi connectivity index (χ3v) is 6.48. The molecule has 3 aromatic rings. The lowest BCUT2D eigenvalue weighted by Crippen LogP contribution is -2.54. The molecule has 3 atom stereocenters. The van der Waals surface area contributed by atoms with Crippen molar-refractivity contribution >= 4 is 22.7 Å². The van der Waals surface area contributed by atoms with Gasteiger partial charge in [-0.1, -0.05) is 0 Å². The zero-order chi connectivity index (χ0) is 22.1. The smallest absolute Gasteiger partial charge is 0.147 e. The van der Waals surface area contributed by atoms with Gasteiger partial charge in [0.15, 0.2) is 0 Å². The highest BCUT2D eigenvalue weighted by Gasteiger charge is 2.24. The number of fused-ring (bicyclic) bond motifs is 1. The van der Waals surface area contributed by atoms with Crippen molar-refractivity contribution in [3.05, 3.63) is 36.2 Å². The number of piperazine rings is 1. The number of aromatic nitrogens is 5. The topological polar surface area (TPSA) is 104 Å². The van der Waals surface area contributed by atoms with Crippen molar-refractivity contribution in [1.29, 1.82) is 0 Å². The lowest BCUT2D eigenvalue weighted by atomic mass is 9.92. The molecule has 2 aliphatic rings. The number of rotatable bonds is 5. The van der Waals surface area contributed by atoms with Gasteiger partial charge in [0.05, 0.1) is 29.5 Å². The second-order valence-corrected chi connectivity index (χ2v) is 9.12. The molecule has 170 valence electrons. The van der Waals surface area contributed by atoms with Crippen molar-refractivity contribution in [2.45, 2.75) is 57.7 Å². The SMILES string of the molecule is CC(Nc1ncnc2[nH]cc(C3CCOCC3)c12)c1cncc(N2C[C@@H](C)N[C@@H](C)C2)n1. The quantitative estimate of drug-likeness (QED) is 0.561. The average molecular weight is 437 g/mol. The summed E-state index contributed by atoms with van der Waals surface area (Å²) in [6.45, 7) is 9.97. The molecule has 9 nitrogen and oxygen atoms in total. The molecule has 0 spiro atoms. The fraction of sp³-hybridized carbons (Fsp3) is 0.565. The van der Waals surface area contributed by atoms with Gasteiger partial charge in [0.1, 0.15) is 23.6 Å². The third kappa shape index (κ3) is 4.27. The predicted molar refractivity (Wildman–Crippen MR) is 125 cm³/mol. The highest BCUT2D eigenvalue weighted by atomic mass is 16.5. The summed E-state index contributed by atoms with van der Waals surface area (Å²) in [5.41, 5.74) is 3.03. The summed E-state index contributed by atoms with van der Waals surface area (Å²) in [7, 11) is 0. The Hall–Kier alpha value is -2.78. The highest BCUT2D eigenvalue weighted by Crippen LogP contribution is 2.35. The molecular weight excluding hydrogens is 404 g/mol. The standard InChI is InChI=1S/C23H32N8O/c1-14-11-31(12-15(2)28-14)20-10-24-9-19(30-20)16(3)29-23-21-18(17-4-6-32-7-5-17)8-25-22(21)26-13-27-23/h8-10,13-17,28H,4-7,11-12H2,1-3H3,(H2,25,26,27,29)/t14-,15+,16?. The molecule has 5 heterocycles. The van der Waals surface area contributed by atoms with Crippen LogP contribution in [0.1, 0.15) is 56.8 Å². The summed E-state index contributed by atoms with van der Waals surface area (Å²) >= 11 is 0. The first-order valence-corrected chi connectivity index (χ1v) is 11.6. The summed E-state index contributed by atoms with van der Waals surface area (Å²) in [6, 6.07) is 0.799. The van der Waals surface area contributed by atoms with E-state index in [4.69, 9.17) is 9.72 Å². The minimum absolute atomic E-state index is 0.0456. The van der Waals surface area contributed by atoms with E-state index in [-0.39, 0.29) is 6.04 Å². The van der Waals surface area contributed by atoms with Gasteiger partial charge in [-0.3, -0.25) is 4.98 Å². The van der Waals surface area contributed by atoms with Crippen LogP contribution >= 0.6 is 0 Å². The molecule has 0 aromatic carbocycles. The lowest BCUT2D eigenvalue weighted by Gasteiger charge is -2.36. The third-order valence-electron chi connectivity index (χ3n) is 6.48. The molecule has 2 fully saturated rings. The van der Waals surface area contributed by atoms with E-state index in [2.05, 4.69) is 62.4 Å². The van der Waals surface area contributed by atoms with Crippen LogP contribution in [-0.2, 0) is 4.74 Å². The van der Waals surface area contributed by atoms with Gasteiger partial charge in [0, 0.05) is 44.6 Å². The van der Waals surface area contributed by atoms with E-state index < -0.39 is 0 Å². The summed E-state index contributed by atoms with van der Waals surface area (Å²) in [5, 5.41) is 8.22. The second kappa shape index (κ2) is 8.99. The van der Waals surface area contributed by atoms with E-state index in [1.165, 1.54) is 5.56 Å². The summed E-state index contributed by atoms with van der Waals surface area (Å²) in [4.78, 5) is 24.1. The molecule has 2 saturated heterocycles. The van der Waals surface area contributed by atoms with E-state index in [9.17, 15) is 0 Å².